The number of nitrogens with zero attached hydrogens (tertiary/aromatic N) is 2. The molecule has 0 aromatic carbocycles. The zero-order valence-electron chi connectivity index (χ0n) is 17.8. The van der Waals surface area contributed by atoms with Crippen molar-refractivity contribution in [1.82, 2.24) is 15.1 Å². The van der Waals surface area contributed by atoms with Gasteiger partial charge in [0.1, 0.15) is 0 Å². The summed E-state index contributed by atoms with van der Waals surface area (Å²) in [5, 5.41) is 12.0. The zero-order valence-corrected chi connectivity index (χ0v) is 14.8. The number of hydrogen-bond donors (Lipinski definition) is 2. The van der Waals surface area contributed by atoms with Crippen LogP contribution in [0.15, 0.2) is 0 Å². The normalized spacial score (nSPS) is 37.5. The van der Waals surface area contributed by atoms with Crippen molar-refractivity contribution in [3.05, 3.63) is 0 Å². The summed E-state index contributed by atoms with van der Waals surface area (Å²) in [5.74, 6) is -0.187. The number of hydrogen-bond acceptors (Lipinski definition) is 3. The van der Waals surface area contributed by atoms with Gasteiger partial charge in [-0.25, -0.2) is 4.79 Å². The lowest BCUT2D eigenvalue weighted by atomic mass is 9.64. The van der Waals surface area contributed by atoms with Crippen LogP contribution in [-0.2, 0) is 4.79 Å². The molecule has 2 saturated carbocycles. The number of piperidine rings is 1. The lowest BCUT2D eigenvalue weighted by molar-refractivity contribution is -0.130. The fourth-order valence-corrected chi connectivity index (χ4v) is 5.15. The number of carbonyl (C=O) groups is 2. The van der Waals surface area contributed by atoms with E-state index in [1.165, 1.54) is 4.90 Å². The van der Waals surface area contributed by atoms with Crippen molar-refractivity contribution in [2.24, 2.45) is 11.3 Å². The second kappa shape index (κ2) is 6.15. The van der Waals surface area contributed by atoms with Gasteiger partial charge in [-0.15, -0.1) is 0 Å². The Bertz CT molecular complexity index is 636. The van der Waals surface area contributed by atoms with Crippen LogP contribution in [0.25, 0.3) is 0 Å². The van der Waals surface area contributed by atoms with Gasteiger partial charge in [0.25, 0.3) is 0 Å². The van der Waals surface area contributed by atoms with Crippen molar-refractivity contribution in [3.8, 4) is 0 Å². The van der Waals surface area contributed by atoms with E-state index >= 15 is 0 Å². The number of likely N-dealkylation sites (tertiary alicyclic amines) is 2. The maximum Gasteiger partial charge on any atom is 0.407 e. The van der Waals surface area contributed by atoms with Gasteiger partial charge in [0, 0.05) is 34.7 Å². The Morgan fingerprint density at radius 3 is 2.40 bits per heavy atom. The topological polar surface area (TPSA) is 72.9 Å². The molecule has 0 atom stereocenters. The lowest BCUT2D eigenvalue weighted by Crippen LogP contribution is -2.56. The summed E-state index contributed by atoms with van der Waals surface area (Å²) in [6, 6.07) is 0.498. The second-order valence-electron chi connectivity index (χ2n) is 8.75. The molecule has 140 valence electrons. The highest BCUT2D eigenvalue weighted by atomic mass is 16.4. The first-order valence-corrected chi connectivity index (χ1v) is 9.67. The molecule has 0 aromatic heterocycles. The first kappa shape index (κ1) is 13.8. The van der Waals surface area contributed by atoms with Gasteiger partial charge in [0.05, 0.1) is 0 Å². The minimum Gasteiger partial charge on any atom is -0.465 e. The van der Waals surface area contributed by atoms with E-state index in [1.54, 1.807) is 0 Å². The number of carboxylic acid groups (broad SMARTS) is 1. The highest BCUT2D eigenvalue weighted by Gasteiger charge is 2.51. The number of carbonyl (C=O) groups excluding carboxylic acids is 1. The summed E-state index contributed by atoms with van der Waals surface area (Å²) in [4.78, 5) is 27.8. The van der Waals surface area contributed by atoms with Crippen molar-refractivity contribution in [2.45, 2.75) is 69.8 Å². The molecule has 6 heteroatoms. The molecule has 0 aromatic rings. The SMILES string of the molecule is [2H]C([2H])([2H])C1(NC(=O)C2CCN(C3CC4(CCN(C(=O)O)C4)C3)CC2)CCC1. The van der Waals surface area contributed by atoms with Crippen molar-refractivity contribution in [2.75, 3.05) is 26.2 Å². The predicted octanol–water partition coefficient (Wildman–Crippen LogP) is 2.29. The van der Waals surface area contributed by atoms with Gasteiger partial charge >= 0.3 is 6.09 Å². The molecule has 4 rings (SSSR count). The first-order chi connectivity index (χ1) is 13.1. The zero-order chi connectivity index (χ0) is 20.2. The van der Waals surface area contributed by atoms with Crippen molar-refractivity contribution < 1.29 is 18.8 Å². The van der Waals surface area contributed by atoms with Gasteiger partial charge in [-0.2, -0.15) is 0 Å². The van der Waals surface area contributed by atoms with Crippen LogP contribution in [0.5, 0.6) is 0 Å². The average molecular weight is 352 g/mol. The standard InChI is InChI=1S/C19H31N3O3/c1-18(5-2-6-18)20-16(23)14-3-8-21(9-4-14)15-11-19(12-15)7-10-22(13-19)17(24)25/h14-15H,2-13H2,1H3,(H,20,23)(H,24,25)/i1D3. The van der Waals surface area contributed by atoms with Gasteiger partial charge in [0.2, 0.25) is 5.91 Å². The molecule has 2 aliphatic carbocycles. The highest BCUT2D eigenvalue weighted by molar-refractivity contribution is 5.79. The Morgan fingerprint density at radius 1 is 1.16 bits per heavy atom. The monoisotopic (exact) mass is 352 g/mol. The molecule has 2 N–H and O–H groups in total. The predicted molar refractivity (Wildman–Crippen MR) is 94.4 cm³/mol. The van der Waals surface area contributed by atoms with Gasteiger partial charge in [0.15, 0.2) is 0 Å². The first-order valence-electron chi connectivity index (χ1n) is 11.2. The van der Waals surface area contributed by atoms with Crippen molar-refractivity contribution in [1.29, 1.82) is 0 Å². The van der Waals surface area contributed by atoms with Crippen LogP contribution < -0.4 is 5.32 Å². The maximum absolute atomic E-state index is 12.7. The molecule has 2 amide bonds. The van der Waals surface area contributed by atoms with Crippen LogP contribution in [0.3, 0.4) is 0 Å². The Hall–Kier alpha value is -1.30. The second-order valence-corrected chi connectivity index (χ2v) is 8.75. The van der Waals surface area contributed by atoms with Gasteiger partial charge in [-0.05, 0) is 76.7 Å². The Labute approximate surface area is 154 Å². The third kappa shape index (κ3) is 3.25. The van der Waals surface area contributed by atoms with Crippen molar-refractivity contribution in [3.63, 3.8) is 0 Å². The third-order valence-electron chi connectivity index (χ3n) is 7.03. The molecule has 2 saturated heterocycles. The molecule has 2 aliphatic heterocycles. The van der Waals surface area contributed by atoms with E-state index in [1.807, 2.05) is 0 Å². The smallest absolute Gasteiger partial charge is 0.407 e. The molecule has 4 fully saturated rings. The Balaban J connectivity index is 1.24. The fourth-order valence-electron chi connectivity index (χ4n) is 5.15. The van der Waals surface area contributed by atoms with E-state index in [9.17, 15) is 9.59 Å². The number of amides is 2. The van der Waals surface area contributed by atoms with Crippen LogP contribution in [0.2, 0.25) is 0 Å². The van der Waals surface area contributed by atoms with Crippen LogP contribution in [-0.4, -0.2) is 64.7 Å². The maximum atomic E-state index is 12.7. The van der Waals surface area contributed by atoms with Gasteiger partial charge in [-0.1, -0.05) is 0 Å². The summed E-state index contributed by atoms with van der Waals surface area (Å²) in [5.41, 5.74) is -0.826. The highest BCUT2D eigenvalue weighted by Crippen LogP contribution is 2.50. The van der Waals surface area contributed by atoms with Gasteiger partial charge in [-0.3, -0.25) is 4.79 Å². The van der Waals surface area contributed by atoms with Gasteiger partial charge < -0.3 is 20.2 Å². The van der Waals surface area contributed by atoms with Crippen LogP contribution >= 0.6 is 0 Å². The van der Waals surface area contributed by atoms with Crippen molar-refractivity contribution >= 4 is 12.0 Å². The third-order valence-corrected chi connectivity index (χ3v) is 7.03. The van der Waals surface area contributed by atoms with E-state index < -0.39 is 18.5 Å². The molecule has 25 heavy (non-hydrogen) atoms. The lowest BCUT2D eigenvalue weighted by Gasteiger charge is -2.51. The minimum atomic E-state index is -2.13. The molecule has 0 radical (unpaired) electrons. The summed E-state index contributed by atoms with van der Waals surface area (Å²) in [6.07, 6.45) is 5.75. The molecule has 4 aliphatic rings. The fraction of sp³-hybridized carbons (Fsp3) is 0.895. The van der Waals surface area contributed by atoms with E-state index in [-0.39, 0.29) is 17.2 Å². The van der Waals surface area contributed by atoms with Crippen LogP contribution in [0, 0.1) is 11.3 Å². The van der Waals surface area contributed by atoms with E-state index in [0.717, 1.165) is 51.6 Å². The van der Waals surface area contributed by atoms with E-state index in [4.69, 9.17) is 9.22 Å². The Morgan fingerprint density at radius 2 is 1.88 bits per heavy atom. The van der Waals surface area contributed by atoms with E-state index in [0.29, 0.717) is 32.0 Å². The quantitative estimate of drug-likeness (QED) is 0.817. The summed E-state index contributed by atoms with van der Waals surface area (Å²) < 4.78 is 23.3. The molecular formula is C19H31N3O3. The Kier molecular flexibility index (Phi) is 3.40. The molecule has 1 spiro atoms. The molecule has 6 nitrogen and oxygen atoms in total. The molecule has 2 heterocycles. The number of nitrogens with one attached hydrogen (secondary N) is 1. The summed E-state index contributed by atoms with van der Waals surface area (Å²) in [7, 11) is 0. The van der Waals surface area contributed by atoms with Crippen LogP contribution in [0.4, 0.5) is 4.79 Å². The average Bonchev–Trinajstić information content (AvgIpc) is 3.01. The van der Waals surface area contributed by atoms with E-state index in [2.05, 4.69) is 10.2 Å². The molecule has 0 bridgehead atoms. The largest absolute Gasteiger partial charge is 0.465 e. The molecule has 0 unspecified atom stereocenters. The summed E-state index contributed by atoms with van der Waals surface area (Å²) in [6.45, 7) is 0.905. The molecular weight excluding hydrogens is 318 g/mol. The number of rotatable bonds is 3. The summed E-state index contributed by atoms with van der Waals surface area (Å²) >= 11 is 0. The minimum absolute atomic E-state index is 0.0894. The van der Waals surface area contributed by atoms with Crippen LogP contribution in [0.1, 0.15) is 62.3 Å².